The number of carbonyl (C=O) groups excluding carboxylic acids is 1. The highest BCUT2D eigenvalue weighted by atomic mass is 16.1. The van der Waals surface area contributed by atoms with Crippen molar-refractivity contribution in [2.45, 2.75) is 52.7 Å². The van der Waals surface area contributed by atoms with Gasteiger partial charge in [-0.05, 0) is 32.4 Å². The lowest BCUT2D eigenvalue weighted by Gasteiger charge is -2.10. The van der Waals surface area contributed by atoms with E-state index in [2.05, 4.69) is 40.5 Å². The Morgan fingerprint density at radius 3 is 2.89 bits per heavy atom. The normalized spacial score (nSPS) is 10.9. The first-order valence-electron chi connectivity index (χ1n) is 6.77. The van der Waals surface area contributed by atoms with Gasteiger partial charge in [0.05, 0.1) is 0 Å². The highest BCUT2D eigenvalue weighted by Gasteiger charge is 2.03. The smallest absolute Gasteiger partial charge is 0.221 e. The quantitative estimate of drug-likeness (QED) is 0.693. The molecule has 4 heteroatoms. The van der Waals surface area contributed by atoms with Gasteiger partial charge in [-0.3, -0.25) is 4.79 Å². The van der Waals surface area contributed by atoms with Crippen molar-refractivity contribution in [2.24, 2.45) is 0 Å². The van der Waals surface area contributed by atoms with Gasteiger partial charge < -0.3 is 15.2 Å². The van der Waals surface area contributed by atoms with E-state index in [-0.39, 0.29) is 11.9 Å². The highest BCUT2D eigenvalue weighted by Crippen LogP contribution is 2.03. The molecule has 1 heterocycles. The number of rotatable bonds is 8. The van der Waals surface area contributed by atoms with E-state index < -0.39 is 0 Å². The predicted octanol–water partition coefficient (Wildman–Crippen LogP) is 1.90. The summed E-state index contributed by atoms with van der Waals surface area (Å²) in [6.45, 7) is 8.72. The van der Waals surface area contributed by atoms with Crippen LogP contribution in [0.4, 0.5) is 0 Å². The van der Waals surface area contributed by atoms with Crippen molar-refractivity contribution < 1.29 is 4.79 Å². The Bertz CT molecular complexity index is 358. The molecule has 0 bridgehead atoms. The van der Waals surface area contributed by atoms with Gasteiger partial charge in [0, 0.05) is 44.0 Å². The molecule has 0 aliphatic rings. The Hall–Kier alpha value is -1.29. The number of hydrogen-bond acceptors (Lipinski definition) is 2. The van der Waals surface area contributed by atoms with E-state index in [1.54, 1.807) is 0 Å². The molecule has 0 saturated carbocycles. The second kappa shape index (κ2) is 7.93. The third kappa shape index (κ3) is 5.36. The molecule has 4 nitrogen and oxygen atoms in total. The Labute approximate surface area is 110 Å². The van der Waals surface area contributed by atoms with Crippen LogP contribution < -0.4 is 10.6 Å². The van der Waals surface area contributed by atoms with Gasteiger partial charge in [0.1, 0.15) is 0 Å². The van der Waals surface area contributed by atoms with Crippen molar-refractivity contribution in [2.75, 3.05) is 6.54 Å². The van der Waals surface area contributed by atoms with Crippen LogP contribution in [0.3, 0.4) is 0 Å². The molecule has 1 aromatic heterocycles. The van der Waals surface area contributed by atoms with Crippen LogP contribution in [-0.4, -0.2) is 23.1 Å². The average molecular weight is 251 g/mol. The molecule has 0 aliphatic heterocycles. The summed E-state index contributed by atoms with van der Waals surface area (Å²) >= 11 is 0. The molecule has 1 aromatic rings. The molecule has 0 aliphatic carbocycles. The van der Waals surface area contributed by atoms with Crippen LogP contribution in [0.2, 0.25) is 0 Å². The molecule has 0 fully saturated rings. The number of aromatic nitrogens is 1. The third-order valence-corrected chi connectivity index (χ3v) is 2.67. The Kier molecular flexibility index (Phi) is 6.50. The number of carbonyl (C=O) groups is 1. The number of hydrogen-bond donors (Lipinski definition) is 2. The summed E-state index contributed by atoms with van der Waals surface area (Å²) in [5.41, 5.74) is 1.28. The Morgan fingerprint density at radius 1 is 1.44 bits per heavy atom. The maximum absolute atomic E-state index is 11.4. The van der Waals surface area contributed by atoms with Crippen LogP contribution in [0.25, 0.3) is 0 Å². The van der Waals surface area contributed by atoms with Crippen molar-refractivity contribution in [3.8, 4) is 0 Å². The van der Waals surface area contributed by atoms with Gasteiger partial charge in [-0.15, -0.1) is 0 Å². The van der Waals surface area contributed by atoms with Crippen molar-refractivity contribution >= 4 is 5.91 Å². The fraction of sp³-hybridized carbons (Fsp3) is 0.643. The fourth-order valence-corrected chi connectivity index (χ4v) is 1.88. The molecule has 1 amide bonds. The van der Waals surface area contributed by atoms with E-state index >= 15 is 0 Å². The summed E-state index contributed by atoms with van der Waals surface area (Å²) in [4.78, 5) is 11.4. The van der Waals surface area contributed by atoms with Crippen LogP contribution >= 0.6 is 0 Å². The molecule has 0 unspecified atom stereocenters. The minimum atomic E-state index is 0.112. The highest BCUT2D eigenvalue weighted by molar-refractivity contribution is 5.76. The van der Waals surface area contributed by atoms with Crippen LogP contribution in [-0.2, 0) is 17.9 Å². The molecule has 18 heavy (non-hydrogen) atoms. The van der Waals surface area contributed by atoms with Crippen LogP contribution in [0, 0.1) is 0 Å². The molecular weight excluding hydrogens is 226 g/mol. The zero-order valence-electron chi connectivity index (χ0n) is 11.7. The van der Waals surface area contributed by atoms with E-state index in [0.29, 0.717) is 6.42 Å². The number of aryl methyl sites for hydroxylation is 1. The largest absolute Gasteiger partial charge is 0.354 e. The zero-order valence-corrected chi connectivity index (χ0v) is 11.7. The van der Waals surface area contributed by atoms with E-state index in [1.165, 1.54) is 5.69 Å². The molecular formula is C14H25N3O. The molecule has 0 aromatic carbocycles. The molecule has 0 radical (unpaired) electrons. The predicted molar refractivity (Wildman–Crippen MR) is 74.3 cm³/mol. The first-order chi connectivity index (χ1) is 8.63. The lowest BCUT2D eigenvalue weighted by Crippen LogP contribution is -2.32. The molecule has 102 valence electrons. The SMILES string of the molecule is CCCn1cccc1CNCCC(=O)NC(C)C. The van der Waals surface area contributed by atoms with Crippen molar-refractivity contribution in [3.63, 3.8) is 0 Å². The van der Waals surface area contributed by atoms with E-state index in [0.717, 1.165) is 26.1 Å². The zero-order chi connectivity index (χ0) is 13.4. The van der Waals surface area contributed by atoms with Crippen LogP contribution in [0.1, 0.15) is 39.3 Å². The standard InChI is InChI=1S/C14H25N3O/c1-4-9-17-10-5-6-13(17)11-15-8-7-14(18)16-12(2)3/h5-6,10,12,15H,4,7-9,11H2,1-3H3,(H,16,18). The third-order valence-electron chi connectivity index (χ3n) is 2.67. The van der Waals surface area contributed by atoms with Crippen molar-refractivity contribution in [1.82, 2.24) is 15.2 Å². The van der Waals surface area contributed by atoms with Gasteiger partial charge in [-0.25, -0.2) is 0 Å². The van der Waals surface area contributed by atoms with Gasteiger partial charge >= 0.3 is 0 Å². The summed E-state index contributed by atoms with van der Waals surface area (Å²) < 4.78 is 2.25. The fourth-order valence-electron chi connectivity index (χ4n) is 1.88. The monoisotopic (exact) mass is 251 g/mol. The second-order valence-electron chi connectivity index (χ2n) is 4.84. The topological polar surface area (TPSA) is 46.1 Å². The summed E-state index contributed by atoms with van der Waals surface area (Å²) in [5.74, 6) is 0.112. The number of nitrogens with one attached hydrogen (secondary N) is 2. The summed E-state index contributed by atoms with van der Waals surface area (Å²) in [6.07, 6.45) is 3.77. The molecule has 0 saturated heterocycles. The Balaban J connectivity index is 2.21. The van der Waals surface area contributed by atoms with Gasteiger partial charge in [0.25, 0.3) is 0 Å². The van der Waals surface area contributed by atoms with Crippen LogP contribution in [0.5, 0.6) is 0 Å². The second-order valence-corrected chi connectivity index (χ2v) is 4.84. The maximum Gasteiger partial charge on any atom is 0.221 e. The first-order valence-corrected chi connectivity index (χ1v) is 6.77. The van der Waals surface area contributed by atoms with Gasteiger partial charge in [0.2, 0.25) is 5.91 Å². The summed E-state index contributed by atoms with van der Waals surface area (Å²) in [6, 6.07) is 4.41. The van der Waals surface area contributed by atoms with Crippen molar-refractivity contribution in [3.05, 3.63) is 24.0 Å². The van der Waals surface area contributed by atoms with Crippen LogP contribution in [0.15, 0.2) is 18.3 Å². The summed E-state index contributed by atoms with van der Waals surface area (Å²) in [5, 5.41) is 6.19. The lowest BCUT2D eigenvalue weighted by atomic mass is 10.3. The van der Waals surface area contributed by atoms with E-state index in [1.807, 2.05) is 13.8 Å². The average Bonchev–Trinajstić information content (AvgIpc) is 2.72. The van der Waals surface area contributed by atoms with E-state index in [9.17, 15) is 4.79 Å². The van der Waals surface area contributed by atoms with Gasteiger partial charge in [-0.1, -0.05) is 6.92 Å². The first kappa shape index (κ1) is 14.8. The van der Waals surface area contributed by atoms with Gasteiger partial charge in [-0.2, -0.15) is 0 Å². The number of amides is 1. The Morgan fingerprint density at radius 2 is 2.22 bits per heavy atom. The van der Waals surface area contributed by atoms with Crippen molar-refractivity contribution in [1.29, 1.82) is 0 Å². The molecule has 0 spiro atoms. The van der Waals surface area contributed by atoms with E-state index in [4.69, 9.17) is 0 Å². The maximum atomic E-state index is 11.4. The molecule has 2 N–H and O–H groups in total. The number of nitrogens with zero attached hydrogens (tertiary/aromatic N) is 1. The molecule has 0 atom stereocenters. The minimum absolute atomic E-state index is 0.112. The molecule has 1 rings (SSSR count). The lowest BCUT2D eigenvalue weighted by molar-refractivity contribution is -0.121. The minimum Gasteiger partial charge on any atom is -0.354 e. The van der Waals surface area contributed by atoms with Gasteiger partial charge in [0.15, 0.2) is 0 Å². The summed E-state index contributed by atoms with van der Waals surface area (Å²) in [7, 11) is 0.